The van der Waals surface area contributed by atoms with Gasteiger partial charge in [-0.15, -0.1) is 0 Å². The summed E-state index contributed by atoms with van der Waals surface area (Å²) in [5, 5.41) is 13.3. The Balaban J connectivity index is 1.39. The van der Waals surface area contributed by atoms with Crippen LogP contribution in [-0.4, -0.2) is 64.7 Å². The van der Waals surface area contributed by atoms with E-state index in [1.54, 1.807) is 6.07 Å². The Morgan fingerprint density at radius 1 is 0.957 bits per heavy atom. The Kier molecular flexibility index (Phi) is 8.43. The van der Waals surface area contributed by atoms with Crippen molar-refractivity contribution < 1.29 is 24.0 Å². The Morgan fingerprint density at radius 2 is 1.77 bits per heavy atom. The highest BCUT2D eigenvalue weighted by Gasteiger charge is 2.29. The number of carbonyl (C=O) groups is 2. The number of benzene rings is 3. The first kappa shape index (κ1) is 30.6. The maximum absolute atomic E-state index is 13.8. The molecule has 1 saturated heterocycles. The molecular weight excluding hydrogens is 596 g/mol. The summed E-state index contributed by atoms with van der Waals surface area (Å²) in [6, 6.07) is 22.2. The molecule has 0 radical (unpaired) electrons. The highest BCUT2D eigenvalue weighted by atomic mass is 16.6. The van der Waals surface area contributed by atoms with Crippen LogP contribution in [0.3, 0.4) is 0 Å². The number of nitro benzene ring substituents is 1. The molecule has 10 heteroatoms. The zero-order chi connectivity index (χ0) is 32.5. The largest absolute Gasteiger partial charge is 0.465 e. The molecular formula is C37H36N4O6. The molecule has 1 aliphatic heterocycles. The molecule has 1 saturated carbocycles. The van der Waals surface area contributed by atoms with Gasteiger partial charge in [-0.1, -0.05) is 49.6 Å². The summed E-state index contributed by atoms with van der Waals surface area (Å²) >= 11 is 0. The number of carbonyl (C=O) groups excluding carboxylic acids is 2. The Labute approximate surface area is 272 Å². The van der Waals surface area contributed by atoms with Gasteiger partial charge in [0, 0.05) is 41.6 Å². The molecule has 47 heavy (non-hydrogen) atoms. The van der Waals surface area contributed by atoms with Gasteiger partial charge < -0.3 is 18.9 Å². The van der Waals surface area contributed by atoms with Gasteiger partial charge in [0.05, 0.1) is 53.2 Å². The maximum atomic E-state index is 13.8. The van der Waals surface area contributed by atoms with Gasteiger partial charge in [-0.05, 0) is 60.2 Å². The van der Waals surface area contributed by atoms with Crippen LogP contribution in [-0.2, 0) is 20.8 Å². The number of rotatable bonds is 7. The lowest BCUT2D eigenvalue weighted by Crippen LogP contribution is -2.42. The normalized spacial score (nSPS) is 15.6. The van der Waals surface area contributed by atoms with Crippen molar-refractivity contribution in [3.63, 3.8) is 0 Å². The molecule has 1 amide bonds. The van der Waals surface area contributed by atoms with Gasteiger partial charge in [0.15, 0.2) is 0 Å². The lowest BCUT2D eigenvalue weighted by atomic mass is 9.81. The quantitative estimate of drug-likeness (QED) is 0.106. The van der Waals surface area contributed by atoms with Gasteiger partial charge in [-0.3, -0.25) is 14.9 Å². The van der Waals surface area contributed by atoms with Crippen LogP contribution in [0.1, 0.15) is 53.9 Å². The average Bonchev–Trinajstić information content (AvgIpc) is 3.44. The molecule has 1 aliphatic carbocycles. The predicted octanol–water partition coefficient (Wildman–Crippen LogP) is 7.12. The molecule has 0 unspecified atom stereocenters. The number of amides is 1. The predicted molar refractivity (Wildman–Crippen MR) is 179 cm³/mol. The number of hydrogen-bond acceptors (Lipinski definition) is 7. The summed E-state index contributed by atoms with van der Waals surface area (Å²) in [5.41, 5.74) is 6.55. The standard InChI is InChI=1S/C37H36N4O6/c1-46-37(43)28-10-13-30-33(22-28)40(23-34(42)39-16-18-47-19-17-39)36(35(30)24-6-3-2-4-7-24)27-12-15-32-26(20-27)11-14-31(38-32)25-8-5-9-29(21-25)41(44)45/h5,8-15,20-22,24H,2-4,6-7,16-19,23H2,1H3. The van der Waals surface area contributed by atoms with E-state index in [-0.39, 0.29) is 18.1 Å². The molecule has 2 fully saturated rings. The number of nitro groups is 1. The van der Waals surface area contributed by atoms with Crippen molar-refractivity contribution in [1.29, 1.82) is 0 Å². The van der Waals surface area contributed by atoms with Crippen LogP contribution in [0.15, 0.2) is 72.8 Å². The van der Waals surface area contributed by atoms with E-state index in [9.17, 15) is 19.7 Å². The van der Waals surface area contributed by atoms with Gasteiger partial charge in [0.25, 0.3) is 5.69 Å². The van der Waals surface area contributed by atoms with Crippen LogP contribution >= 0.6 is 0 Å². The van der Waals surface area contributed by atoms with E-state index in [2.05, 4.69) is 10.6 Å². The van der Waals surface area contributed by atoms with Crippen LogP contribution in [0.5, 0.6) is 0 Å². The third-order valence-corrected chi connectivity index (χ3v) is 9.51. The van der Waals surface area contributed by atoms with Crippen molar-refractivity contribution in [2.75, 3.05) is 33.4 Å². The first-order valence-electron chi connectivity index (χ1n) is 16.2. The summed E-state index contributed by atoms with van der Waals surface area (Å²) in [7, 11) is 1.37. The maximum Gasteiger partial charge on any atom is 0.337 e. The van der Waals surface area contributed by atoms with Crippen molar-refractivity contribution in [2.24, 2.45) is 0 Å². The molecule has 0 bridgehead atoms. The molecule has 0 spiro atoms. The van der Waals surface area contributed by atoms with Crippen molar-refractivity contribution in [1.82, 2.24) is 14.5 Å². The van der Waals surface area contributed by atoms with E-state index >= 15 is 0 Å². The number of nitrogens with zero attached hydrogens (tertiary/aromatic N) is 4. The third kappa shape index (κ3) is 5.96. The van der Waals surface area contributed by atoms with Crippen LogP contribution < -0.4 is 0 Å². The number of methoxy groups -OCH3 is 1. The number of aromatic nitrogens is 2. The van der Waals surface area contributed by atoms with E-state index in [1.165, 1.54) is 31.2 Å². The van der Waals surface area contributed by atoms with E-state index < -0.39 is 10.9 Å². The Bertz CT molecular complexity index is 2010. The number of fused-ring (bicyclic) bond motifs is 2. The van der Waals surface area contributed by atoms with Crippen LogP contribution in [0, 0.1) is 10.1 Å². The van der Waals surface area contributed by atoms with E-state index in [4.69, 9.17) is 14.5 Å². The zero-order valence-corrected chi connectivity index (χ0v) is 26.3. The first-order valence-corrected chi connectivity index (χ1v) is 16.2. The number of esters is 1. The minimum Gasteiger partial charge on any atom is -0.465 e. The number of hydrogen-bond donors (Lipinski definition) is 0. The summed E-state index contributed by atoms with van der Waals surface area (Å²) < 4.78 is 12.7. The molecule has 2 aromatic heterocycles. The first-order chi connectivity index (χ1) is 22.9. The zero-order valence-electron chi connectivity index (χ0n) is 26.3. The summed E-state index contributed by atoms with van der Waals surface area (Å²) in [4.78, 5) is 44.1. The van der Waals surface area contributed by atoms with E-state index in [0.29, 0.717) is 49.0 Å². The third-order valence-electron chi connectivity index (χ3n) is 9.51. The fourth-order valence-electron chi connectivity index (χ4n) is 7.16. The molecule has 0 atom stereocenters. The molecule has 3 aromatic carbocycles. The van der Waals surface area contributed by atoms with E-state index in [1.807, 2.05) is 53.4 Å². The molecule has 5 aromatic rings. The lowest BCUT2D eigenvalue weighted by molar-refractivity contribution is -0.384. The topological polar surface area (TPSA) is 117 Å². The van der Waals surface area contributed by atoms with Gasteiger partial charge in [0.1, 0.15) is 6.54 Å². The molecule has 3 heterocycles. The van der Waals surface area contributed by atoms with Crippen molar-refractivity contribution in [3.05, 3.63) is 94.0 Å². The highest BCUT2D eigenvalue weighted by Crippen LogP contribution is 2.45. The number of morpholine rings is 1. The minimum absolute atomic E-state index is 0.00849. The highest BCUT2D eigenvalue weighted by molar-refractivity contribution is 6.00. The van der Waals surface area contributed by atoms with Crippen molar-refractivity contribution in [3.8, 4) is 22.5 Å². The fourth-order valence-corrected chi connectivity index (χ4v) is 7.16. The summed E-state index contributed by atoms with van der Waals surface area (Å²) in [5.74, 6) is -0.0968. The Hall–Kier alpha value is -5.09. The molecule has 0 N–H and O–H groups in total. The van der Waals surface area contributed by atoms with Gasteiger partial charge in [-0.2, -0.15) is 0 Å². The van der Waals surface area contributed by atoms with Crippen molar-refractivity contribution >= 4 is 39.4 Å². The fraction of sp³-hybridized carbons (Fsp3) is 0.324. The smallest absolute Gasteiger partial charge is 0.337 e. The van der Waals surface area contributed by atoms with Crippen LogP contribution in [0.4, 0.5) is 5.69 Å². The molecule has 7 rings (SSSR count). The lowest BCUT2D eigenvalue weighted by Gasteiger charge is -2.28. The minimum atomic E-state index is -0.420. The second kappa shape index (κ2) is 13.0. The number of pyridine rings is 1. The molecule has 240 valence electrons. The van der Waals surface area contributed by atoms with Gasteiger partial charge in [-0.25, -0.2) is 9.78 Å². The van der Waals surface area contributed by atoms with Gasteiger partial charge in [0.2, 0.25) is 5.91 Å². The van der Waals surface area contributed by atoms with Crippen LogP contribution in [0.2, 0.25) is 0 Å². The number of non-ortho nitro benzene ring substituents is 1. The molecule has 10 nitrogen and oxygen atoms in total. The van der Waals surface area contributed by atoms with E-state index in [0.717, 1.165) is 58.7 Å². The van der Waals surface area contributed by atoms with Gasteiger partial charge >= 0.3 is 5.97 Å². The van der Waals surface area contributed by atoms with Crippen LogP contribution in [0.25, 0.3) is 44.3 Å². The SMILES string of the molecule is COC(=O)c1ccc2c(C3CCCCC3)c(-c3ccc4nc(-c5cccc([N+](=O)[O-])c5)ccc4c3)n(CC(=O)N3CCOCC3)c2c1. The second-order valence-electron chi connectivity index (χ2n) is 12.3. The van der Waals surface area contributed by atoms with Crippen molar-refractivity contribution in [2.45, 2.75) is 44.6 Å². The summed E-state index contributed by atoms with van der Waals surface area (Å²) in [6.45, 7) is 2.25. The second-order valence-corrected chi connectivity index (χ2v) is 12.3. The number of ether oxygens (including phenoxy) is 2. The Morgan fingerprint density at radius 3 is 2.53 bits per heavy atom. The summed E-state index contributed by atoms with van der Waals surface area (Å²) in [6.07, 6.45) is 5.62. The monoisotopic (exact) mass is 632 g/mol. The molecule has 2 aliphatic rings. The average molecular weight is 633 g/mol.